The topological polar surface area (TPSA) is 55.2 Å². The molecule has 1 N–H and O–H groups in total. The van der Waals surface area contributed by atoms with Gasteiger partial charge in [-0.25, -0.2) is 0 Å². The third-order valence-corrected chi connectivity index (χ3v) is 3.59. The van der Waals surface area contributed by atoms with Crippen molar-refractivity contribution < 1.29 is 4.92 Å². The van der Waals surface area contributed by atoms with Gasteiger partial charge >= 0.3 is 0 Å². The molecule has 0 spiro atoms. The Labute approximate surface area is 128 Å². The lowest BCUT2D eigenvalue weighted by molar-refractivity contribution is -0.384. The number of halogens is 1. The molecule has 0 aliphatic heterocycles. The Morgan fingerprint density at radius 2 is 1.95 bits per heavy atom. The number of nitro groups is 1. The molecule has 0 radical (unpaired) electrons. The van der Waals surface area contributed by atoms with Crippen LogP contribution in [0.4, 0.5) is 11.4 Å². The third kappa shape index (κ3) is 3.95. The summed E-state index contributed by atoms with van der Waals surface area (Å²) in [5, 5.41) is 14.5. The predicted octanol–water partition coefficient (Wildman–Crippen LogP) is 5.20. The van der Waals surface area contributed by atoms with E-state index >= 15 is 0 Å². The number of benzene rings is 2. The summed E-state index contributed by atoms with van der Waals surface area (Å²) in [6, 6.07) is 14.7. The SMILES string of the molecule is CCCC(Nc1ccc([N+](=O)[O-])cc1Cl)c1ccccc1. The smallest absolute Gasteiger partial charge is 0.271 e. The Morgan fingerprint density at radius 1 is 1.24 bits per heavy atom. The first kappa shape index (κ1) is 15.3. The minimum absolute atomic E-state index is 0.00250. The van der Waals surface area contributed by atoms with E-state index in [-0.39, 0.29) is 11.7 Å². The van der Waals surface area contributed by atoms with Gasteiger partial charge in [-0.1, -0.05) is 55.3 Å². The van der Waals surface area contributed by atoms with E-state index in [2.05, 4.69) is 24.4 Å². The fourth-order valence-electron chi connectivity index (χ4n) is 2.22. The molecule has 2 aromatic carbocycles. The van der Waals surface area contributed by atoms with Gasteiger partial charge in [0.2, 0.25) is 0 Å². The van der Waals surface area contributed by atoms with Crippen LogP contribution in [0.5, 0.6) is 0 Å². The maximum absolute atomic E-state index is 10.7. The second-order valence-corrected chi connectivity index (χ2v) is 5.22. The zero-order valence-corrected chi connectivity index (χ0v) is 12.5. The minimum atomic E-state index is -0.448. The van der Waals surface area contributed by atoms with Gasteiger partial charge in [0.1, 0.15) is 0 Å². The Bertz CT molecular complexity index is 617. The van der Waals surface area contributed by atoms with Gasteiger partial charge in [-0.15, -0.1) is 0 Å². The van der Waals surface area contributed by atoms with Crippen LogP contribution in [0.2, 0.25) is 5.02 Å². The van der Waals surface area contributed by atoms with Crippen LogP contribution in [0.15, 0.2) is 48.5 Å². The average Bonchev–Trinajstić information content (AvgIpc) is 2.49. The molecule has 1 unspecified atom stereocenters. The molecule has 0 amide bonds. The maximum Gasteiger partial charge on any atom is 0.271 e. The van der Waals surface area contributed by atoms with Crippen LogP contribution in [0, 0.1) is 10.1 Å². The molecule has 110 valence electrons. The van der Waals surface area contributed by atoms with E-state index in [1.54, 1.807) is 6.07 Å². The molecule has 0 fully saturated rings. The third-order valence-electron chi connectivity index (χ3n) is 3.27. The molecule has 0 saturated carbocycles. The lowest BCUT2D eigenvalue weighted by atomic mass is 10.0. The molecule has 0 bridgehead atoms. The minimum Gasteiger partial charge on any atom is -0.377 e. The Morgan fingerprint density at radius 3 is 2.52 bits per heavy atom. The highest BCUT2D eigenvalue weighted by atomic mass is 35.5. The quantitative estimate of drug-likeness (QED) is 0.589. The number of hydrogen-bond donors (Lipinski definition) is 1. The molecule has 21 heavy (non-hydrogen) atoms. The Hall–Kier alpha value is -2.07. The first-order valence-electron chi connectivity index (χ1n) is 6.87. The van der Waals surface area contributed by atoms with Crippen LogP contribution in [0.1, 0.15) is 31.4 Å². The second kappa shape index (κ2) is 7.09. The van der Waals surface area contributed by atoms with Crippen LogP contribution in [-0.4, -0.2) is 4.92 Å². The summed E-state index contributed by atoms with van der Waals surface area (Å²) in [6.45, 7) is 2.12. The van der Waals surface area contributed by atoms with Crippen LogP contribution >= 0.6 is 11.6 Å². The summed E-state index contributed by atoms with van der Waals surface area (Å²) < 4.78 is 0. The van der Waals surface area contributed by atoms with Crippen molar-refractivity contribution in [3.05, 3.63) is 69.2 Å². The molecule has 1 atom stereocenters. The molecule has 4 nitrogen and oxygen atoms in total. The number of rotatable bonds is 6. The van der Waals surface area contributed by atoms with Gasteiger partial charge in [0, 0.05) is 12.1 Å². The van der Waals surface area contributed by atoms with Crippen molar-refractivity contribution in [1.82, 2.24) is 0 Å². The lowest BCUT2D eigenvalue weighted by Crippen LogP contribution is -2.10. The number of nitrogens with zero attached hydrogens (tertiary/aromatic N) is 1. The Kier molecular flexibility index (Phi) is 5.17. The number of nitrogens with one attached hydrogen (secondary N) is 1. The highest BCUT2D eigenvalue weighted by molar-refractivity contribution is 6.33. The standard InChI is InChI=1S/C16H17ClN2O2/c1-2-6-15(12-7-4-3-5-8-12)18-16-10-9-13(19(20)21)11-14(16)17/h3-5,7-11,15,18H,2,6H2,1H3. The van der Waals surface area contributed by atoms with Gasteiger partial charge in [0.05, 0.1) is 21.7 Å². The van der Waals surface area contributed by atoms with E-state index in [4.69, 9.17) is 11.6 Å². The zero-order chi connectivity index (χ0) is 15.2. The fourth-order valence-corrected chi connectivity index (χ4v) is 2.45. The monoisotopic (exact) mass is 304 g/mol. The average molecular weight is 305 g/mol. The van der Waals surface area contributed by atoms with Crippen molar-refractivity contribution in [2.24, 2.45) is 0 Å². The van der Waals surface area contributed by atoms with Gasteiger partial charge < -0.3 is 5.32 Å². The molecule has 0 aliphatic carbocycles. The van der Waals surface area contributed by atoms with Crippen molar-refractivity contribution in [1.29, 1.82) is 0 Å². The van der Waals surface area contributed by atoms with Gasteiger partial charge in [0.25, 0.3) is 5.69 Å². The number of non-ortho nitro benzene ring substituents is 1. The van der Waals surface area contributed by atoms with Gasteiger partial charge in [-0.05, 0) is 18.1 Å². The van der Waals surface area contributed by atoms with Gasteiger partial charge in [0.15, 0.2) is 0 Å². The number of nitro benzene ring substituents is 1. The molecule has 0 saturated heterocycles. The normalized spacial score (nSPS) is 11.9. The van der Waals surface area contributed by atoms with Crippen molar-refractivity contribution in [2.75, 3.05) is 5.32 Å². The van der Waals surface area contributed by atoms with E-state index in [0.717, 1.165) is 12.8 Å². The molecule has 2 rings (SSSR count). The van der Waals surface area contributed by atoms with Crippen LogP contribution < -0.4 is 5.32 Å². The molecule has 0 aromatic heterocycles. The molecule has 5 heteroatoms. The first-order chi connectivity index (χ1) is 10.1. The zero-order valence-electron chi connectivity index (χ0n) is 11.8. The van der Waals surface area contributed by atoms with Crippen molar-refractivity contribution in [3.63, 3.8) is 0 Å². The van der Waals surface area contributed by atoms with Crippen molar-refractivity contribution >= 4 is 23.0 Å². The Balaban J connectivity index is 2.23. The summed E-state index contributed by atoms with van der Waals surface area (Å²) in [7, 11) is 0. The summed E-state index contributed by atoms with van der Waals surface area (Å²) in [6.07, 6.45) is 1.98. The predicted molar refractivity (Wildman–Crippen MR) is 85.8 cm³/mol. The molecule has 0 aliphatic rings. The summed E-state index contributed by atoms with van der Waals surface area (Å²) in [4.78, 5) is 10.3. The maximum atomic E-state index is 10.7. The van der Waals surface area contributed by atoms with E-state index in [0.29, 0.717) is 10.7 Å². The molecule has 2 aromatic rings. The molecular weight excluding hydrogens is 288 g/mol. The highest BCUT2D eigenvalue weighted by Gasteiger charge is 2.14. The molecule has 0 heterocycles. The summed E-state index contributed by atoms with van der Waals surface area (Å²) in [5.41, 5.74) is 1.88. The highest BCUT2D eigenvalue weighted by Crippen LogP contribution is 2.31. The first-order valence-corrected chi connectivity index (χ1v) is 7.25. The number of hydrogen-bond acceptors (Lipinski definition) is 3. The van der Waals surface area contributed by atoms with E-state index in [1.165, 1.54) is 17.7 Å². The number of anilines is 1. The van der Waals surface area contributed by atoms with Crippen molar-refractivity contribution in [2.45, 2.75) is 25.8 Å². The van der Waals surface area contributed by atoms with Crippen molar-refractivity contribution in [3.8, 4) is 0 Å². The molecular formula is C16H17ClN2O2. The van der Waals surface area contributed by atoms with Crippen LogP contribution in [0.3, 0.4) is 0 Å². The fraction of sp³-hybridized carbons (Fsp3) is 0.250. The largest absolute Gasteiger partial charge is 0.377 e. The second-order valence-electron chi connectivity index (χ2n) is 4.82. The summed E-state index contributed by atoms with van der Waals surface area (Å²) in [5.74, 6) is 0. The van der Waals surface area contributed by atoms with E-state index in [1.807, 2.05) is 18.2 Å². The van der Waals surface area contributed by atoms with Gasteiger partial charge in [-0.3, -0.25) is 10.1 Å². The van der Waals surface area contributed by atoms with E-state index < -0.39 is 4.92 Å². The summed E-state index contributed by atoms with van der Waals surface area (Å²) >= 11 is 6.14. The van der Waals surface area contributed by atoms with Crippen LogP contribution in [-0.2, 0) is 0 Å². The van der Waals surface area contributed by atoms with E-state index in [9.17, 15) is 10.1 Å². The van der Waals surface area contributed by atoms with Crippen LogP contribution in [0.25, 0.3) is 0 Å². The lowest BCUT2D eigenvalue weighted by Gasteiger charge is -2.20. The van der Waals surface area contributed by atoms with Gasteiger partial charge in [-0.2, -0.15) is 0 Å².